The lowest BCUT2D eigenvalue weighted by Gasteiger charge is -2.24. The summed E-state index contributed by atoms with van der Waals surface area (Å²) in [7, 11) is 0. The Labute approximate surface area is 121 Å². The zero-order valence-corrected chi connectivity index (χ0v) is 12.8. The highest BCUT2D eigenvalue weighted by atomic mass is 35.5. The summed E-state index contributed by atoms with van der Waals surface area (Å²) >= 11 is 7.35. The van der Waals surface area contributed by atoms with Gasteiger partial charge in [-0.15, -0.1) is 11.3 Å². The van der Waals surface area contributed by atoms with Crippen LogP contribution in [-0.4, -0.2) is 40.9 Å². The number of hydrogen-bond acceptors (Lipinski definition) is 4. The average molecular weight is 304 g/mol. The molecule has 1 saturated heterocycles. The molecule has 0 spiro atoms. The SMILES string of the molecule is CC(C)(C)OC(=O)N1CC(O)C(c2ccc(Cl)s2)C1. The molecule has 2 atom stereocenters. The van der Waals surface area contributed by atoms with Gasteiger partial charge in [0.25, 0.3) is 0 Å². The van der Waals surface area contributed by atoms with Crippen LogP contribution in [0.5, 0.6) is 0 Å². The van der Waals surface area contributed by atoms with Crippen LogP contribution in [0.25, 0.3) is 0 Å². The van der Waals surface area contributed by atoms with Crippen LogP contribution in [0, 0.1) is 0 Å². The van der Waals surface area contributed by atoms with Gasteiger partial charge in [-0.25, -0.2) is 4.79 Å². The molecule has 1 N–H and O–H groups in total. The van der Waals surface area contributed by atoms with Crippen LogP contribution in [0.15, 0.2) is 12.1 Å². The molecule has 2 heterocycles. The molecule has 1 aromatic rings. The van der Waals surface area contributed by atoms with Crippen molar-refractivity contribution in [3.63, 3.8) is 0 Å². The van der Waals surface area contributed by atoms with Crippen LogP contribution in [-0.2, 0) is 4.74 Å². The molecule has 1 aromatic heterocycles. The van der Waals surface area contributed by atoms with Gasteiger partial charge in [0, 0.05) is 17.3 Å². The van der Waals surface area contributed by atoms with Crippen molar-refractivity contribution in [3.8, 4) is 0 Å². The van der Waals surface area contributed by atoms with E-state index < -0.39 is 11.7 Å². The van der Waals surface area contributed by atoms with Gasteiger partial charge in [0.05, 0.1) is 17.0 Å². The predicted molar refractivity (Wildman–Crippen MR) is 75.9 cm³/mol. The molecular weight excluding hydrogens is 286 g/mol. The number of thiophene rings is 1. The van der Waals surface area contributed by atoms with E-state index in [-0.39, 0.29) is 12.0 Å². The molecule has 0 saturated carbocycles. The third kappa shape index (κ3) is 3.61. The van der Waals surface area contributed by atoms with E-state index in [1.165, 1.54) is 11.3 Å². The van der Waals surface area contributed by atoms with E-state index >= 15 is 0 Å². The lowest BCUT2D eigenvalue weighted by Crippen LogP contribution is -2.35. The first-order valence-electron chi connectivity index (χ1n) is 6.17. The second-order valence-corrected chi connectivity index (χ2v) is 7.45. The highest BCUT2D eigenvalue weighted by Crippen LogP contribution is 2.34. The fourth-order valence-corrected chi connectivity index (χ4v) is 3.28. The van der Waals surface area contributed by atoms with Gasteiger partial charge in [0.2, 0.25) is 0 Å². The molecular formula is C13H18ClNO3S. The van der Waals surface area contributed by atoms with Gasteiger partial charge in [-0.1, -0.05) is 11.6 Å². The number of aliphatic hydroxyl groups is 1. The number of halogens is 1. The molecule has 0 aliphatic carbocycles. The highest BCUT2D eigenvalue weighted by Gasteiger charge is 2.37. The van der Waals surface area contributed by atoms with Crippen molar-refractivity contribution >= 4 is 29.0 Å². The smallest absolute Gasteiger partial charge is 0.410 e. The standard InChI is InChI=1S/C13H18ClNO3S/c1-13(2,3)18-12(17)15-6-8(9(16)7-15)10-4-5-11(14)19-10/h4-5,8-9,16H,6-7H2,1-3H3. The van der Waals surface area contributed by atoms with E-state index in [1.807, 2.05) is 32.9 Å². The number of hydrogen-bond donors (Lipinski definition) is 1. The average Bonchev–Trinajstić information content (AvgIpc) is 2.82. The van der Waals surface area contributed by atoms with Gasteiger partial charge in [0.1, 0.15) is 5.60 Å². The first-order valence-corrected chi connectivity index (χ1v) is 7.37. The molecule has 1 aliphatic rings. The van der Waals surface area contributed by atoms with Crippen molar-refractivity contribution in [2.24, 2.45) is 0 Å². The first-order chi connectivity index (χ1) is 8.76. The number of rotatable bonds is 1. The lowest BCUT2D eigenvalue weighted by atomic mass is 10.1. The molecule has 1 aliphatic heterocycles. The fraction of sp³-hybridized carbons (Fsp3) is 0.615. The quantitative estimate of drug-likeness (QED) is 0.867. The van der Waals surface area contributed by atoms with Gasteiger partial charge in [-0.2, -0.15) is 0 Å². The Morgan fingerprint density at radius 3 is 2.68 bits per heavy atom. The van der Waals surface area contributed by atoms with Crippen LogP contribution in [0.4, 0.5) is 4.79 Å². The summed E-state index contributed by atoms with van der Waals surface area (Å²) in [6.07, 6.45) is -0.945. The summed E-state index contributed by atoms with van der Waals surface area (Å²) in [5.41, 5.74) is -0.521. The van der Waals surface area contributed by atoms with Crippen molar-refractivity contribution < 1.29 is 14.6 Å². The molecule has 6 heteroatoms. The van der Waals surface area contributed by atoms with Crippen LogP contribution < -0.4 is 0 Å². The number of ether oxygens (including phenoxy) is 1. The third-order valence-electron chi connectivity index (χ3n) is 2.90. The van der Waals surface area contributed by atoms with E-state index in [1.54, 1.807) is 4.90 Å². The maximum absolute atomic E-state index is 12.0. The monoisotopic (exact) mass is 303 g/mol. The van der Waals surface area contributed by atoms with Crippen molar-refractivity contribution in [3.05, 3.63) is 21.3 Å². The summed E-state index contributed by atoms with van der Waals surface area (Å²) in [4.78, 5) is 14.5. The highest BCUT2D eigenvalue weighted by molar-refractivity contribution is 7.16. The molecule has 106 valence electrons. The first kappa shape index (κ1) is 14.6. The number of amides is 1. The normalized spacial score (nSPS) is 23.7. The van der Waals surface area contributed by atoms with Gasteiger partial charge in [-0.3, -0.25) is 0 Å². The van der Waals surface area contributed by atoms with Gasteiger partial charge < -0.3 is 14.7 Å². The molecule has 2 unspecified atom stereocenters. The Morgan fingerprint density at radius 2 is 2.16 bits per heavy atom. The predicted octanol–water partition coefficient (Wildman–Crippen LogP) is 3.10. The summed E-state index contributed by atoms with van der Waals surface area (Å²) in [5.74, 6) is -0.0787. The number of nitrogens with zero attached hydrogens (tertiary/aromatic N) is 1. The van der Waals surface area contributed by atoms with Crippen LogP contribution in [0.1, 0.15) is 31.6 Å². The van der Waals surface area contributed by atoms with Gasteiger partial charge in [0.15, 0.2) is 0 Å². The minimum absolute atomic E-state index is 0.0787. The van der Waals surface area contributed by atoms with Crippen LogP contribution in [0.3, 0.4) is 0 Å². The van der Waals surface area contributed by atoms with Gasteiger partial charge >= 0.3 is 6.09 Å². The molecule has 19 heavy (non-hydrogen) atoms. The second kappa shape index (κ2) is 5.31. The van der Waals surface area contributed by atoms with E-state index in [4.69, 9.17) is 16.3 Å². The van der Waals surface area contributed by atoms with Crippen LogP contribution in [0.2, 0.25) is 4.34 Å². The molecule has 0 radical (unpaired) electrons. The summed E-state index contributed by atoms with van der Waals surface area (Å²) in [6, 6.07) is 3.71. The zero-order valence-electron chi connectivity index (χ0n) is 11.2. The topological polar surface area (TPSA) is 49.8 Å². The van der Waals surface area contributed by atoms with Crippen LogP contribution >= 0.6 is 22.9 Å². The van der Waals surface area contributed by atoms with E-state index in [0.29, 0.717) is 17.4 Å². The Balaban J connectivity index is 2.03. The van der Waals surface area contributed by atoms with Gasteiger partial charge in [-0.05, 0) is 32.9 Å². The second-order valence-electron chi connectivity index (χ2n) is 5.70. The van der Waals surface area contributed by atoms with E-state index in [9.17, 15) is 9.90 Å². The zero-order chi connectivity index (χ0) is 14.2. The lowest BCUT2D eigenvalue weighted by molar-refractivity contribution is 0.0270. The number of carbonyl (C=O) groups is 1. The number of aliphatic hydroxyl groups excluding tert-OH is 1. The van der Waals surface area contributed by atoms with Crippen molar-refractivity contribution in [2.45, 2.75) is 38.4 Å². The number of likely N-dealkylation sites (tertiary alicyclic amines) is 1. The van der Waals surface area contributed by atoms with Crippen molar-refractivity contribution in [1.82, 2.24) is 4.90 Å². The Kier molecular flexibility index (Phi) is 4.08. The van der Waals surface area contributed by atoms with E-state index in [2.05, 4.69) is 0 Å². The third-order valence-corrected chi connectivity index (χ3v) is 4.26. The Morgan fingerprint density at radius 1 is 1.47 bits per heavy atom. The minimum Gasteiger partial charge on any atom is -0.444 e. The maximum Gasteiger partial charge on any atom is 0.410 e. The summed E-state index contributed by atoms with van der Waals surface area (Å²) in [6.45, 7) is 6.25. The van der Waals surface area contributed by atoms with Crippen molar-refractivity contribution in [2.75, 3.05) is 13.1 Å². The Hall–Kier alpha value is -0.780. The van der Waals surface area contributed by atoms with Crippen molar-refractivity contribution in [1.29, 1.82) is 0 Å². The molecule has 1 fully saturated rings. The number of carbonyl (C=O) groups excluding carboxylic acids is 1. The maximum atomic E-state index is 12.0. The molecule has 0 aromatic carbocycles. The molecule has 2 rings (SSSR count). The fourth-order valence-electron chi connectivity index (χ4n) is 2.07. The van der Waals surface area contributed by atoms with E-state index in [0.717, 1.165) is 4.88 Å². The minimum atomic E-state index is -0.567. The molecule has 1 amide bonds. The molecule has 0 bridgehead atoms. The summed E-state index contributed by atoms with van der Waals surface area (Å²) in [5, 5.41) is 10.1. The summed E-state index contributed by atoms with van der Waals surface area (Å²) < 4.78 is 6.01. The number of β-amino-alcohol motifs (C(OH)–C–C–N with tert-alkyl or cyclic N) is 1. The molecule has 4 nitrogen and oxygen atoms in total. The Bertz CT molecular complexity index is 469. The largest absolute Gasteiger partial charge is 0.444 e.